The molecule has 5 nitrogen and oxygen atoms in total. The number of hydrogen-bond donors (Lipinski definition) is 1. The first-order chi connectivity index (χ1) is 12.2. The van der Waals surface area contributed by atoms with E-state index in [4.69, 9.17) is 10.5 Å². The van der Waals surface area contributed by atoms with Crippen LogP contribution in [0, 0.1) is 0 Å². The van der Waals surface area contributed by atoms with Crippen LogP contribution in [0.1, 0.15) is 47.7 Å². The van der Waals surface area contributed by atoms with E-state index in [9.17, 15) is 4.79 Å². The molecule has 3 rings (SSSR count). The number of carbonyl (C=O) groups is 1. The van der Waals surface area contributed by atoms with Gasteiger partial charge in [-0.3, -0.25) is 9.69 Å². The average Bonchev–Trinajstić information content (AvgIpc) is 2.63. The molecule has 1 aliphatic heterocycles. The van der Waals surface area contributed by atoms with Gasteiger partial charge in [-0.05, 0) is 37.1 Å². The van der Waals surface area contributed by atoms with Crippen molar-refractivity contribution in [1.82, 2.24) is 9.88 Å². The number of ether oxygens (including phenoxy) is 1. The predicted molar refractivity (Wildman–Crippen MR) is 97.8 cm³/mol. The van der Waals surface area contributed by atoms with Gasteiger partial charge in [-0.25, -0.2) is 4.98 Å². The summed E-state index contributed by atoms with van der Waals surface area (Å²) in [6, 6.07) is 9.50. The zero-order valence-electron chi connectivity index (χ0n) is 14.7. The molecule has 5 heteroatoms. The highest BCUT2D eigenvalue weighted by molar-refractivity contribution is 5.92. The van der Waals surface area contributed by atoms with Gasteiger partial charge in [-0.1, -0.05) is 31.9 Å². The van der Waals surface area contributed by atoms with Gasteiger partial charge in [-0.15, -0.1) is 0 Å². The van der Waals surface area contributed by atoms with Gasteiger partial charge >= 0.3 is 0 Å². The quantitative estimate of drug-likeness (QED) is 0.784. The highest BCUT2D eigenvalue weighted by atomic mass is 16.5. The molecule has 2 N–H and O–H groups in total. The van der Waals surface area contributed by atoms with E-state index in [2.05, 4.69) is 22.9 Å². The van der Waals surface area contributed by atoms with E-state index < -0.39 is 5.91 Å². The number of pyridine rings is 1. The number of benzene rings is 1. The normalized spacial score (nSPS) is 14.1. The topological polar surface area (TPSA) is 68.5 Å². The molecule has 1 aromatic heterocycles. The number of fused-ring (bicyclic) bond motifs is 1. The molecular weight excluding hydrogens is 314 g/mol. The summed E-state index contributed by atoms with van der Waals surface area (Å²) in [5.74, 6) is 0.831. The van der Waals surface area contributed by atoms with Crippen LogP contribution < -0.4 is 10.5 Å². The van der Waals surface area contributed by atoms with Crippen molar-refractivity contribution in [1.29, 1.82) is 0 Å². The Hall–Kier alpha value is -2.40. The van der Waals surface area contributed by atoms with E-state index in [-0.39, 0.29) is 0 Å². The first-order valence-electron chi connectivity index (χ1n) is 8.94. The van der Waals surface area contributed by atoms with Crippen molar-refractivity contribution in [3.8, 4) is 11.6 Å². The third-order valence-electron chi connectivity index (χ3n) is 4.62. The summed E-state index contributed by atoms with van der Waals surface area (Å²) in [6.07, 6.45) is 6.26. The predicted octanol–water partition coefficient (Wildman–Crippen LogP) is 3.52. The van der Waals surface area contributed by atoms with Gasteiger partial charge in [0.1, 0.15) is 5.75 Å². The van der Waals surface area contributed by atoms with Crippen LogP contribution >= 0.6 is 0 Å². The van der Waals surface area contributed by atoms with Crippen LogP contribution in [-0.2, 0) is 13.0 Å². The lowest BCUT2D eigenvalue weighted by Crippen LogP contribution is -2.31. The second kappa shape index (κ2) is 8.12. The molecule has 25 heavy (non-hydrogen) atoms. The summed E-state index contributed by atoms with van der Waals surface area (Å²) in [5, 5.41) is 0. The van der Waals surface area contributed by atoms with E-state index in [1.54, 1.807) is 12.1 Å². The molecule has 0 fully saturated rings. The van der Waals surface area contributed by atoms with Crippen LogP contribution in [0.15, 0.2) is 36.5 Å². The molecule has 0 aliphatic carbocycles. The number of carbonyl (C=O) groups excluding carboxylic acids is 1. The molecule has 1 aromatic carbocycles. The van der Waals surface area contributed by atoms with E-state index in [0.29, 0.717) is 11.4 Å². The number of rotatable bonds is 7. The lowest BCUT2D eigenvalue weighted by atomic mass is 9.98. The summed E-state index contributed by atoms with van der Waals surface area (Å²) in [5.41, 5.74) is 8.21. The fourth-order valence-corrected chi connectivity index (χ4v) is 3.18. The van der Waals surface area contributed by atoms with Crippen molar-refractivity contribution in [2.24, 2.45) is 5.73 Å². The summed E-state index contributed by atoms with van der Waals surface area (Å²) in [4.78, 5) is 17.8. The Labute approximate surface area is 148 Å². The number of hydrogen-bond acceptors (Lipinski definition) is 4. The molecule has 0 saturated carbocycles. The van der Waals surface area contributed by atoms with E-state index >= 15 is 0 Å². The van der Waals surface area contributed by atoms with Gasteiger partial charge in [0.25, 0.3) is 0 Å². The molecular formula is C20H25N3O2. The first-order valence-corrected chi connectivity index (χ1v) is 8.94. The highest BCUT2D eigenvalue weighted by Crippen LogP contribution is 2.31. The van der Waals surface area contributed by atoms with Gasteiger partial charge in [0.15, 0.2) is 0 Å². The number of nitrogens with zero attached hydrogens (tertiary/aromatic N) is 2. The molecule has 2 heterocycles. The van der Waals surface area contributed by atoms with Gasteiger partial charge in [-0.2, -0.15) is 0 Å². The third-order valence-corrected chi connectivity index (χ3v) is 4.62. The largest absolute Gasteiger partial charge is 0.439 e. The van der Waals surface area contributed by atoms with Crippen molar-refractivity contribution in [3.63, 3.8) is 0 Å². The fourth-order valence-electron chi connectivity index (χ4n) is 3.18. The zero-order chi connectivity index (χ0) is 17.6. The number of unbranched alkanes of at least 4 members (excludes halogenated alkanes) is 2. The van der Waals surface area contributed by atoms with Gasteiger partial charge in [0.2, 0.25) is 11.8 Å². The van der Waals surface area contributed by atoms with Crippen LogP contribution in [0.2, 0.25) is 0 Å². The molecule has 0 saturated heterocycles. The highest BCUT2D eigenvalue weighted by Gasteiger charge is 2.19. The Morgan fingerprint density at radius 2 is 2.16 bits per heavy atom. The van der Waals surface area contributed by atoms with Crippen molar-refractivity contribution in [2.45, 2.75) is 39.2 Å². The minimum atomic E-state index is -0.487. The fraction of sp³-hybridized carbons (Fsp3) is 0.400. The van der Waals surface area contributed by atoms with E-state index in [1.165, 1.54) is 36.6 Å². The molecule has 1 amide bonds. The Balaban J connectivity index is 1.73. The van der Waals surface area contributed by atoms with E-state index in [0.717, 1.165) is 31.8 Å². The minimum Gasteiger partial charge on any atom is -0.439 e. The smallest absolute Gasteiger partial charge is 0.250 e. The van der Waals surface area contributed by atoms with Crippen molar-refractivity contribution < 1.29 is 9.53 Å². The Kier molecular flexibility index (Phi) is 5.66. The molecule has 0 atom stereocenters. The maximum absolute atomic E-state index is 11.1. The molecule has 0 unspecified atom stereocenters. The summed E-state index contributed by atoms with van der Waals surface area (Å²) < 4.78 is 6.00. The summed E-state index contributed by atoms with van der Waals surface area (Å²) in [6.45, 7) is 5.38. The molecule has 0 bridgehead atoms. The van der Waals surface area contributed by atoms with Crippen LogP contribution in [0.5, 0.6) is 11.6 Å². The van der Waals surface area contributed by atoms with Crippen LogP contribution in [0.25, 0.3) is 0 Å². The van der Waals surface area contributed by atoms with E-state index in [1.807, 2.05) is 12.1 Å². The third kappa shape index (κ3) is 4.37. The Bertz CT molecular complexity index is 728. The molecule has 1 aliphatic rings. The van der Waals surface area contributed by atoms with Gasteiger partial charge < -0.3 is 10.5 Å². The van der Waals surface area contributed by atoms with Gasteiger partial charge in [0.05, 0.1) is 5.56 Å². The monoisotopic (exact) mass is 339 g/mol. The van der Waals surface area contributed by atoms with Crippen molar-refractivity contribution in [2.75, 3.05) is 13.1 Å². The standard InChI is InChI=1S/C20H25N3O2/c1-2-3-4-11-23-12-10-15-6-5-7-18(17(15)14-23)25-19-9-8-16(13-22-19)20(21)24/h5-9,13H,2-4,10-12,14H2,1H3,(H2,21,24). The van der Waals surface area contributed by atoms with Crippen LogP contribution in [0.3, 0.4) is 0 Å². The number of aromatic nitrogens is 1. The van der Waals surface area contributed by atoms with Crippen molar-refractivity contribution >= 4 is 5.91 Å². The molecule has 0 spiro atoms. The lowest BCUT2D eigenvalue weighted by Gasteiger charge is -2.29. The summed E-state index contributed by atoms with van der Waals surface area (Å²) in [7, 11) is 0. The summed E-state index contributed by atoms with van der Waals surface area (Å²) >= 11 is 0. The average molecular weight is 339 g/mol. The number of nitrogens with two attached hydrogens (primary N) is 1. The molecule has 2 aromatic rings. The minimum absolute atomic E-state index is 0.379. The van der Waals surface area contributed by atoms with Gasteiger partial charge in [0, 0.05) is 30.9 Å². The second-order valence-corrected chi connectivity index (χ2v) is 6.48. The SMILES string of the molecule is CCCCCN1CCc2cccc(Oc3ccc(C(N)=O)cn3)c2C1. The maximum Gasteiger partial charge on any atom is 0.250 e. The van der Waals surface area contributed by atoms with Crippen LogP contribution in [0.4, 0.5) is 0 Å². The second-order valence-electron chi connectivity index (χ2n) is 6.48. The first kappa shape index (κ1) is 17.4. The Morgan fingerprint density at radius 1 is 1.28 bits per heavy atom. The van der Waals surface area contributed by atoms with Crippen molar-refractivity contribution in [3.05, 3.63) is 53.2 Å². The molecule has 132 valence electrons. The zero-order valence-corrected chi connectivity index (χ0v) is 14.7. The number of amides is 1. The Morgan fingerprint density at radius 3 is 2.88 bits per heavy atom. The lowest BCUT2D eigenvalue weighted by molar-refractivity contribution is 0.1000. The molecule has 0 radical (unpaired) electrons. The maximum atomic E-state index is 11.1. The van der Waals surface area contributed by atoms with Crippen LogP contribution in [-0.4, -0.2) is 28.9 Å². The number of primary amides is 1.